The van der Waals surface area contributed by atoms with Crippen molar-refractivity contribution in [2.75, 3.05) is 11.9 Å². The standard InChI is InChI=1S/C15H16N4O2/c1-2-3-12-10-14(19-18-12)15(20)17-11-4-6-13(7-5-11)21-9-8-16/h4-7,10H,2-3,9H2,1H3,(H,17,20)(H,18,19). The molecule has 0 aliphatic rings. The molecule has 0 aliphatic carbocycles. The average molecular weight is 284 g/mol. The highest BCUT2D eigenvalue weighted by Gasteiger charge is 2.10. The summed E-state index contributed by atoms with van der Waals surface area (Å²) < 4.78 is 5.14. The molecule has 6 heteroatoms. The molecule has 2 rings (SSSR count). The molecular formula is C15H16N4O2. The van der Waals surface area contributed by atoms with E-state index in [0.29, 0.717) is 17.1 Å². The van der Waals surface area contributed by atoms with Crippen molar-refractivity contribution >= 4 is 11.6 Å². The highest BCUT2D eigenvalue weighted by atomic mass is 16.5. The lowest BCUT2D eigenvalue weighted by Crippen LogP contribution is -2.12. The first-order valence-corrected chi connectivity index (χ1v) is 6.68. The lowest BCUT2D eigenvalue weighted by Gasteiger charge is -2.05. The number of hydrogen-bond acceptors (Lipinski definition) is 4. The number of aromatic nitrogens is 2. The number of ether oxygens (including phenoxy) is 1. The van der Waals surface area contributed by atoms with Gasteiger partial charge >= 0.3 is 0 Å². The van der Waals surface area contributed by atoms with Crippen LogP contribution < -0.4 is 10.1 Å². The zero-order chi connectivity index (χ0) is 15.1. The Bertz CT molecular complexity index is 640. The first-order chi connectivity index (χ1) is 10.2. The van der Waals surface area contributed by atoms with E-state index in [1.165, 1.54) is 0 Å². The van der Waals surface area contributed by atoms with Gasteiger partial charge in [-0.15, -0.1) is 0 Å². The van der Waals surface area contributed by atoms with E-state index >= 15 is 0 Å². The zero-order valence-electron chi connectivity index (χ0n) is 11.7. The summed E-state index contributed by atoms with van der Waals surface area (Å²) in [7, 11) is 0. The van der Waals surface area contributed by atoms with E-state index in [0.717, 1.165) is 18.5 Å². The smallest absolute Gasteiger partial charge is 0.276 e. The number of amides is 1. The van der Waals surface area contributed by atoms with Gasteiger partial charge in [0.2, 0.25) is 0 Å². The van der Waals surface area contributed by atoms with E-state index in [1.807, 2.05) is 6.07 Å². The summed E-state index contributed by atoms with van der Waals surface area (Å²) in [6, 6.07) is 10.5. The predicted molar refractivity (Wildman–Crippen MR) is 78.1 cm³/mol. The van der Waals surface area contributed by atoms with Crippen LogP contribution in [0.4, 0.5) is 5.69 Å². The van der Waals surface area contributed by atoms with E-state index in [-0.39, 0.29) is 12.5 Å². The molecule has 108 valence electrons. The maximum atomic E-state index is 12.0. The van der Waals surface area contributed by atoms with Crippen LogP contribution in [-0.2, 0) is 6.42 Å². The fraction of sp³-hybridized carbons (Fsp3) is 0.267. The van der Waals surface area contributed by atoms with Crippen molar-refractivity contribution in [3.8, 4) is 11.8 Å². The number of H-pyrrole nitrogens is 1. The van der Waals surface area contributed by atoms with Crippen molar-refractivity contribution < 1.29 is 9.53 Å². The normalized spacial score (nSPS) is 9.90. The molecule has 0 fully saturated rings. The molecule has 0 saturated carbocycles. The monoisotopic (exact) mass is 284 g/mol. The van der Waals surface area contributed by atoms with E-state index in [4.69, 9.17) is 10.00 Å². The van der Waals surface area contributed by atoms with Gasteiger partial charge in [0.1, 0.15) is 11.8 Å². The Morgan fingerprint density at radius 1 is 1.43 bits per heavy atom. The molecule has 6 nitrogen and oxygen atoms in total. The van der Waals surface area contributed by atoms with Crippen LogP contribution in [0.25, 0.3) is 0 Å². The van der Waals surface area contributed by atoms with Gasteiger partial charge in [-0.25, -0.2) is 0 Å². The third-order valence-corrected chi connectivity index (χ3v) is 2.80. The number of anilines is 1. The number of benzene rings is 1. The highest BCUT2D eigenvalue weighted by molar-refractivity contribution is 6.02. The molecule has 0 saturated heterocycles. The minimum atomic E-state index is -0.265. The molecule has 2 aromatic rings. The molecule has 1 heterocycles. The summed E-state index contributed by atoms with van der Waals surface area (Å²) in [5.74, 6) is 0.318. The van der Waals surface area contributed by atoms with Crippen LogP contribution in [0.15, 0.2) is 30.3 Å². The van der Waals surface area contributed by atoms with Crippen molar-refractivity contribution in [2.24, 2.45) is 0 Å². The zero-order valence-corrected chi connectivity index (χ0v) is 11.7. The first-order valence-electron chi connectivity index (χ1n) is 6.68. The molecule has 1 aromatic heterocycles. The summed E-state index contributed by atoms with van der Waals surface area (Å²) >= 11 is 0. The third-order valence-electron chi connectivity index (χ3n) is 2.80. The molecule has 0 atom stereocenters. The largest absolute Gasteiger partial charge is 0.479 e. The summed E-state index contributed by atoms with van der Waals surface area (Å²) in [6.45, 7) is 2.07. The molecule has 1 amide bonds. The van der Waals surface area contributed by atoms with Gasteiger partial charge in [-0.1, -0.05) is 13.3 Å². The summed E-state index contributed by atoms with van der Waals surface area (Å²) in [5, 5.41) is 18.0. The molecule has 21 heavy (non-hydrogen) atoms. The van der Waals surface area contributed by atoms with Gasteiger partial charge in [0, 0.05) is 11.4 Å². The van der Waals surface area contributed by atoms with Gasteiger partial charge in [-0.2, -0.15) is 10.4 Å². The number of rotatable bonds is 6. The molecule has 0 spiro atoms. The molecule has 0 unspecified atom stereocenters. The van der Waals surface area contributed by atoms with Gasteiger partial charge in [0.15, 0.2) is 12.3 Å². The Kier molecular flexibility index (Phi) is 4.94. The predicted octanol–water partition coefficient (Wildman–Crippen LogP) is 2.52. The lowest BCUT2D eigenvalue weighted by molar-refractivity contribution is 0.102. The summed E-state index contributed by atoms with van der Waals surface area (Å²) in [6.07, 6.45) is 1.86. The summed E-state index contributed by atoms with van der Waals surface area (Å²) in [4.78, 5) is 12.0. The minimum Gasteiger partial charge on any atom is -0.479 e. The molecule has 2 N–H and O–H groups in total. The fourth-order valence-electron chi connectivity index (χ4n) is 1.82. The van der Waals surface area contributed by atoms with Crippen LogP contribution in [-0.4, -0.2) is 22.7 Å². The second-order valence-corrected chi connectivity index (χ2v) is 4.45. The van der Waals surface area contributed by atoms with Crippen LogP contribution in [0.3, 0.4) is 0 Å². The Labute approximate surface area is 122 Å². The second kappa shape index (κ2) is 7.10. The second-order valence-electron chi connectivity index (χ2n) is 4.45. The van der Waals surface area contributed by atoms with Crippen LogP contribution in [0, 0.1) is 11.3 Å². The Balaban J connectivity index is 1.97. The van der Waals surface area contributed by atoms with Crippen molar-refractivity contribution in [2.45, 2.75) is 19.8 Å². The molecule has 0 radical (unpaired) electrons. The van der Waals surface area contributed by atoms with Crippen molar-refractivity contribution in [1.82, 2.24) is 10.2 Å². The number of hydrogen-bond donors (Lipinski definition) is 2. The first kappa shape index (κ1) is 14.6. The van der Waals surface area contributed by atoms with Crippen LogP contribution in [0.5, 0.6) is 5.75 Å². The number of aryl methyl sites for hydroxylation is 1. The average Bonchev–Trinajstić information content (AvgIpc) is 2.96. The van der Waals surface area contributed by atoms with Crippen molar-refractivity contribution in [3.63, 3.8) is 0 Å². The molecule has 1 aromatic carbocycles. The third kappa shape index (κ3) is 4.08. The lowest BCUT2D eigenvalue weighted by atomic mass is 10.2. The van der Waals surface area contributed by atoms with Gasteiger partial charge in [0.05, 0.1) is 0 Å². The summed E-state index contributed by atoms with van der Waals surface area (Å²) in [5.41, 5.74) is 1.95. The van der Waals surface area contributed by atoms with Gasteiger partial charge in [-0.05, 0) is 36.8 Å². The van der Waals surface area contributed by atoms with E-state index < -0.39 is 0 Å². The van der Waals surface area contributed by atoms with Crippen LogP contribution >= 0.6 is 0 Å². The van der Waals surface area contributed by atoms with Crippen LogP contribution in [0.2, 0.25) is 0 Å². The molecule has 0 bridgehead atoms. The quantitative estimate of drug-likeness (QED) is 0.852. The van der Waals surface area contributed by atoms with Crippen molar-refractivity contribution in [1.29, 1.82) is 5.26 Å². The number of aromatic amines is 1. The fourth-order valence-corrected chi connectivity index (χ4v) is 1.82. The number of carbonyl (C=O) groups excluding carboxylic acids is 1. The number of carbonyl (C=O) groups is 1. The van der Waals surface area contributed by atoms with Gasteiger partial charge in [-0.3, -0.25) is 9.89 Å². The van der Waals surface area contributed by atoms with Gasteiger partial charge in [0.25, 0.3) is 5.91 Å². The SMILES string of the molecule is CCCc1cc(C(=O)Nc2ccc(OCC#N)cc2)n[nH]1. The van der Waals surface area contributed by atoms with Crippen molar-refractivity contribution in [3.05, 3.63) is 41.7 Å². The Morgan fingerprint density at radius 3 is 2.86 bits per heavy atom. The highest BCUT2D eigenvalue weighted by Crippen LogP contribution is 2.16. The van der Waals surface area contributed by atoms with Gasteiger partial charge < -0.3 is 10.1 Å². The topological polar surface area (TPSA) is 90.8 Å². The maximum Gasteiger partial charge on any atom is 0.276 e. The molecular weight excluding hydrogens is 268 g/mol. The Hall–Kier alpha value is -2.81. The van der Waals surface area contributed by atoms with Crippen LogP contribution in [0.1, 0.15) is 29.5 Å². The maximum absolute atomic E-state index is 12.0. The Morgan fingerprint density at radius 2 is 2.19 bits per heavy atom. The number of nitrogens with one attached hydrogen (secondary N) is 2. The van der Waals surface area contributed by atoms with E-state index in [2.05, 4.69) is 22.4 Å². The number of nitriles is 1. The minimum absolute atomic E-state index is 0.000812. The number of nitrogens with zero attached hydrogens (tertiary/aromatic N) is 2. The van der Waals surface area contributed by atoms with E-state index in [1.54, 1.807) is 30.3 Å². The molecule has 0 aliphatic heterocycles. The van der Waals surface area contributed by atoms with E-state index in [9.17, 15) is 4.79 Å².